The highest BCUT2D eigenvalue weighted by molar-refractivity contribution is 7.17. The molecule has 0 spiro atoms. The summed E-state index contributed by atoms with van der Waals surface area (Å²) in [5, 5.41) is 1.89. The van der Waals surface area contributed by atoms with Gasteiger partial charge in [0.2, 0.25) is 0 Å². The Balaban J connectivity index is 2.10. The molecule has 92 valence electrons. The Morgan fingerprint density at radius 1 is 1.41 bits per heavy atom. The van der Waals surface area contributed by atoms with Crippen LogP contribution in [-0.4, -0.2) is 11.2 Å². The van der Waals surface area contributed by atoms with Gasteiger partial charge in [-0.1, -0.05) is 0 Å². The summed E-state index contributed by atoms with van der Waals surface area (Å²) in [5.41, 5.74) is 7.23. The lowest BCUT2D eigenvalue weighted by Crippen LogP contribution is -2.15. The third kappa shape index (κ3) is 3.17. The molecular formula is C11H11F3N2S. The van der Waals surface area contributed by atoms with E-state index < -0.39 is 18.6 Å². The van der Waals surface area contributed by atoms with Crippen LogP contribution in [0.3, 0.4) is 0 Å². The number of fused-ring (bicyclic) bond motifs is 1. The van der Waals surface area contributed by atoms with E-state index in [1.165, 1.54) is 11.3 Å². The Bertz CT molecular complexity index is 507. The first kappa shape index (κ1) is 12.3. The van der Waals surface area contributed by atoms with Crippen molar-refractivity contribution >= 4 is 21.6 Å². The van der Waals surface area contributed by atoms with Gasteiger partial charge in [0, 0.05) is 18.7 Å². The summed E-state index contributed by atoms with van der Waals surface area (Å²) in [7, 11) is 0. The van der Waals surface area contributed by atoms with Crippen LogP contribution in [0.5, 0.6) is 0 Å². The molecule has 0 amide bonds. The molecule has 0 saturated heterocycles. The predicted molar refractivity (Wildman–Crippen MR) is 61.8 cm³/mol. The van der Waals surface area contributed by atoms with Crippen molar-refractivity contribution in [3.63, 3.8) is 0 Å². The molecule has 6 heteroatoms. The number of rotatable bonds is 3. The molecule has 2 rings (SSSR count). The van der Waals surface area contributed by atoms with Gasteiger partial charge in [0.25, 0.3) is 0 Å². The minimum absolute atomic E-state index is 0.109. The van der Waals surface area contributed by atoms with Gasteiger partial charge >= 0.3 is 6.18 Å². The standard InChI is InChI=1S/C11H11F3N2S/c12-11(13,14)3-1-8(15)7-5-10-9(16-6-7)2-4-17-10/h2,4-6,8H,1,3,15H2. The van der Waals surface area contributed by atoms with Crippen molar-refractivity contribution in [3.8, 4) is 0 Å². The van der Waals surface area contributed by atoms with Crippen LogP contribution in [0.15, 0.2) is 23.7 Å². The normalized spacial score (nSPS) is 14.1. The van der Waals surface area contributed by atoms with E-state index in [0.29, 0.717) is 5.56 Å². The summed E-state index contributed by atoms with van der Waals surface area (Å²) in [6.45, 7) is 0. The Kier molecular flexibility index (Phi) is 3.35. The largest absolute Gasteiger partial charge is 0.389 e. The lowest BCUT2D eigenvalue weighted by molar-refractivity contribution is -0.136. The molecule has 2 aromatic heterocycles. The number of thiophene rings is 1. The fourth-order valence-corrected chi connectivity index (χ4v) is 2.34. The van der Waals surface area contributed by atoms with Crippen LogP contribution in [0, 0.1) is 0 Å². The second kappa shape index (κ2) is 4.62. The molecule has 0 saturated carbocycles. The summed E-state index contributed by atoms with van der Waals surface area (Å²) in [5.74, 6) is 0. The zero-order valence-electron chi connectivity index (χ0n) is 8.87. The minimum Gasteiger partial charge on any atom is -0.324 e. The van der Waals surface area contributed by atoms with Gasteiger partial charge in [-0.15, -0.1) is 11.3 Å². The molecule has 0 radical (unpaired) electrons. The fraction of sp³-hybridized carbons (Fsp3) is 0.364. The molecule has 1 unspecified atom stereocenters. The average molecular weight is 260 g/mol. The number of aromatic nitrogens is 1. The number of hydrogen-bond acceptors (Lipinski definition) is 3. The van der Waals surface area contributed by atoms with E-state index in [-0.39, 0.29) is 6.42 Å². The molecule has 0 bridgehead atoms. The molecule has 0 fully saturated rings. The SMILES string of the molecule is NC(CCC(F)(F)F)c1cnc2ccsc2c1. The van der Waals surface area contributed by atoms with Gasteiger partial charge in [0.15, 0.2) is 0 Å². The molecule has 2 N–H and O–H groups in total. The number of nitrogens with zero attached hydrogens (tertiary/aromatic N) is 1. The van der Waals surface area contributed by atoms with Crippen molar-refractivity contribution in [2.24, 2.45) is 5.73 Å². The first-order chi connectivity index (χ1) is 7.96. The van der Waals surface area contributed by atoms with Gasteiger partial charge in [-0.05, 0) is 29.5 Å². The van der Waals surface area contributed by atoms with Gasteiger partial charge in [-0.25, -0.2) is 0 Å². The van der Waals surface area contributed by atoms with E-state index in [1.54, 1.807) is 6.20 Å². The van der Waals surface area contributed by atoms with Crippen molar-refractivity contribution in [1.29, 1.82) is 0 Å². The number of nitrogens with two attached hydrogens (primary N) is 1. The molecule has 0 aliphatic carbocycles. The second-order valence-corrected chi connectivity index (χ2v) is 4.78. The fourth-order valence-electron chi connectivity index (χ4n) is 1.55. The number of alkyl halides is 3. The molecule has 2 nitrogen and oxygen atoms in total. The van der Waals surface area contributed by atoms with E-state index in [1.807, 2.05) is 17.5 Å². The Labute approximate surface area is 100 Å². The van der Waals surface area contributed by atoms with Crippen molar-refractivity contribution in [3.05, 3.63) is 29.3 Å². The van der Waals surface area contributed by atoms with Crippen LogP contribution in [0.4, 0.5) is 13.2 Å². The van der Waals surface area contributed by atoms with Crippen LogP contribution < -0.4 is 5.73 Å². The Morgan fingerprint density at radius 3 is 2.88 bits per heavy atom. The minimum atomic E-state index is -4.15. The van der Waals surface area contributed by atoms with Crippen molar-refractivity contribution in [2.75, 3.05) is 0 Å². The monoisotopic (exact) mass is 260 g/mol. The van der Waals surface area contributed by atoms with E-state index in [0.717, 1.165) is 10.2 Å². The highest BCUT2D eigenvalue weighted by Gasteiger charge is 2.27. The maximum atomic E-state index is 12.1. The molecule has 0 aliphatic heterocycles. The smallest absolute Gasteiger partial charge is 0.324 e. The predicted octanol–water partition coefficient (Wildman–Crippen LogP) is 3.64. The van der Waals surface area contributed by atoms with Gasteiger partial charge < -0.3 is 5.73 Å². The molecule has 2 heterocycles. The number of pyridine rings is 1. The Hall–Kier alpha value is -1.14. The summed E-state index contributed by atoms with van der Waals surface area (Å²) in [4.78, 5) is 4.16. The van der Waals surface area contributed by atoms with Crippen LogP contribution >= 0.6 is 11.3 Å². The van der Waals surface area contributed by atoms with Crippen molar-refractivity contribution in [1.82, 2.24) is 4.98 Å². The zero-order chi connectivity index (χ0) is 12.5. The third-order valence-corrected chi connectivity index (χ3v) is 3.34. The highest BCUT2D eigenvalue weighted by atomic mass is 32.1. The van der Waals surface area contributed by atoms with Gasteiger partial charge in [-0.2, -0.15) is 13.2 Å². The molecule has 2 aromatic rings. The van der Waals surface area contributed by atoms with Gasteiger partial charge in [-0.3, -0.25) is 4.98 Å². The van der Waals surface area contributed by atoms with Crippen molar-refractivity contribution in [2.45, 2.75) is 25.1 Å². The summed E-state index contributed by atoms with van der Waals surface area (Å²) in [6.07, 6.45) is -3.58. The Morgan fingerprint density at radius 2 is 2.18 bits per heavy atom. The molecule has 0 aromatic carbocycles. The average Bonchev–Trinajstić information content (AvgIpc) is 2.71. The maximum Gasteiger partial charge on any atom is 0.389 e. The summed E-state index contributed by atoms with van der Waals surface area (Å²) < 4.78 is 37.1. The number of hydrogen-bond donors (Lipinski definition) is 1. The third-order valence-electron chi connectivity index (χ3n) is 2.49. The quantitative estimate of drug-likeness (QED) is 0.915. The molecule has 0 aliphatic rings. The van der Waals surface area contributed by atoms with Crippen LogP contribution in [0.25, 0.3) is 10.2 Å². The lowest BCUT2D eigenvalue weighted by atomic mass is 10.0. The van der Waals surface area contributed by atoms with Crippen LogP contribution in [0.2, 0.25) is 0 Å². The van der Waals surface area contributed by atoms with Crippen LogP contribution in [0.1, 0.15) is 24.4 Å². The highest BCUT2D eigenvalue weighted by Crippen LogP contribution is 2.28. The van der Waals surface area contributed by atoms with E-state index in [2.05, 4.69) is 4.98 Å². The summed E-state index contributed by atoms with van der Waals surface area (Å²) in [6, 6.07) is 3.06. The maximum absolute atomic E-state index is 12.1. The molecule has 1 atom stereocenters. The van der Waals surface area contributed by atoms with Crippen molar-refractivity contribution < 1.29 is 13.2 Å². The topological polar surface area (TPSA) is 38.9 Å². The van der Waals surface area contributed by atoms with E-state index >= 15 is 0 Å². The second-order valence-electron chi connectivity index (χ2n) is 3.83. The van der Waals surface area contributed by atoms with E-state index in [9.17, 15) is 13.2 Å². The van der Waals surface area contributed by atoms with Crippen LogP contribution in [-0.2, 0) is 0 Å². The van der Waals surface area contributed by atoms with Gasteiger partial charge in [0.1, 0.15) is 0 Å². The first-order valence-corrected chi connectivity index (χ1v) is 5.99. The first-order valence-electron chi connectivity index (χ1n) is 5.11. The molecule has 17 heavy (non-hydrogen) atoms. The summed E-state index contributed by atoms with van der Waals surface area (Å²) >= 11 is 1.50. The molecular weight excluding hydrogens is 249 g/mol. The zero-order valence-corrected chi connectivity index (χ0v) is 9.68. The lowest BCUT2D eigenvalue weighted by Gasteiger charge is -2.13. The van der Waals surface area contributed by atoms with E-state index in [4.69, 9.17) is 5.73 Å². The van der Waals surface area contributed by atoms with Gasteiger partial charge in [0.05, 0.1) is 10.2 Å². The number of halogens is 3.